The van der Waals surface area contributed by atoms with Gasteiger partial charge in [0.05, 0.1) is 0 Å². The predicted molar refractivity (Wildman–Crippen MR) is 93.4 cm³/mol. The number of benzene rings is 1. The van der Waals surface area contributed by atoms with E-state index in [0.29, 0.717) is 32.7 Å². The molecule has 0 heterocycles. The highest BCUT2D eigenvalue weighted by Crippen LogP contribution is 2.14. The van der Waals surface area contributed by atoms with Crippen molar-refractivity contribution < 1.29 is 14.6 Å². The van der Waals surface area contributed by atoms with Crippen LogP contribution in [0, 0.1) is 0 Å². The average molecular weight is 321 g/mol. The number of rotatable bonds is 12. The fraction of sp³-hybridized carbons (Fsp3) is 0.632. The summed E-state index contributed by atoms with van der Waals surface area (Å²) in [4.78, 5) is 14.4. The summed E-state index contributed by atoms with van der Waals surface area (Å²) in [6.45, 7) is 6.86. The molecule has 0 spiro atoms. The lowest BCUT2D eigenvalue weighted by Gasteiger charge is -2.23. The Hall–Kier alpha value is -1.55. The van der Waals surface area contributed by atoms with E-state index in [1.54, 1.807) is 12.1 Å². The Balaban J connectivity index is 2.52. The molecule has 0 unspecified atom stereocenters. The molecule has 4 nitrogen and oxygen atoms in total. The zero-order valence-corrected chi connectivity index (χ0v) is 14.6. The van der Waals surface area contributed by atoms with Gasteiger partial charge >= 0.3 is 0 Å². The molecule has 0 saturated carbocycles. The molecule has 4 heteroatoms. The Morgan fingerprint density at radius 3 is 2.48 bits per heavy atom. The van der Waals surface area contributed by atoms with Gasteiger partial charge in [-0.15, -0.1) is 0 Å². The number of ether oxygens (including phenoxy) is 1. The van der Waals surface area contributed by atoms with Gasteiger partial charge in [0.15, 0.2) is 0 Å². The van der Waals surface area contributed by atoms with E-state index >= 15 is 0 Å². The number of amides is 1. The fourth-order valence-corrected chi connectivity index (χ4v) is 2.48. The van der Waals surface area contributed by atoms with Crippen LogP contribution in [-0.2, 0) is 16.1 Å². The van der Waals surface area contributed by atoms with Crippen molar-refractivity contribution in [3.8, 4) is 5.75 Å². The van der Waals surface area contributed by atoms with Crippen LogP contribution in [0.2, 0.25) is 0 Å². The third-order valence-electron chi connectivity index (χ3n) is 3.83. The zero-order valence-electron chi connectivity index (χ0n) is 14.6. The van der Waals surface area contributed by atoms with Crippen molar-refractivity contribution in [2.45, 2.75) is 58.9 Å². The van der Waals surface area contributed by atoms with E-state index < -0.39 is 0 Å². The first-order valence-electron chi connectivity index (χ1n) is 8.80. The molecule has 0 aromatic heterocycles. The Morgan fingerprint density at radius 1 is 1.09 bits per heavy atom. The predicted octanol–water partition coefficient (Wildman–Crippen LogP) is 4.12. The molecule has 0 aliphatic rings. The molecule has 1 aromatic carbocycles. The third-order valence-corrected chi connectivity index (χ3v) is 3.83. The Morgan fingerprint density at radius 2 is 1.83 bits per heavy atom. The summed E-state index contributed by atoms with van der Waals surface area (Å²) < 4.78 is 5.37. The van der Waals surface area contributed by atoms with Crippen LogP contribution in [0.15, 0.2) is 24.3 Å². The maximum absolute atomic E-state index is 12.5. The van der Waals surface area contributed by atoms with Gasteiger partial charge in [0.25, 0.3) is 0 Å². The lowest BCUT2D eigenvalue weighted by Crippen LogP contribution is -2.32. The van der Waals surface area contributed by atoms with Crippen molar-refractivity contribution in [3.05, 3.63) is 29.8 Å². The van der Waals surface area contributed by atoms with Crippen LogP contribution in [0.25, 0.3) is 0 Å². The second-order valence-corrected chi connectivity index (χ2v) is 5.84. The summed E-state index contributed by atoms with van der Waals surface area (Å²) in [5.41, 5.74) is 1.04. The van der Waals surface area contributed by atoms with Gasteiger partial charge in [0.1, 0.15) is 5.75 Å². The van der Waals surface area contributed by atoms with Gasteiger partial charge in [-0.05, 0) is 37.5 Å². The second-order valence-electron chi connectivity index (χ2n) is 5.84. The fourth-order valence-electron chi connectivity index (χ4n) is 2.48. The van der Waals surface area contributed by atoms with Crippen molar-refractivity contribution in [1.29, 1.82) is 0 Å². The van der Waals surface area contributed by atoms with Crippen molar-refractivity contribution in [2.75, 3.05) is 19.8 Å². The maximum Gasteiger partial charge on any atom is 0.222 e. The summed E-state index contributed by atoms with van der Waals surface area (Å²) in [6, 6.07) is 7.07. The van der Waals surface area contributed by atoms with Crippen LogP contribution in [0.4, 0.5) is 0 Å². The van der Waals surface area contributed by atoms with E-state index in [9.17, 15) is 9.90 Å². The van der Waals surface area contributed by atoms with Crippen molar-refractivity contribution in [3.63, 3.8) is 0 Å². The molecule has 0 aliphatic heterocycles. The van der Waals surface area contributed by atoms with E-state index in [2.05, 4.69) is 6.92 Å². The molecule has 0 bridgehead atoms. The minimum atomic E-state index is 0.214. The topological polar surface area (TPSA) is 49.8 Å². The Kier molecular flexibility index (Phi) is 10.1. The standard InChI is InChI=1S/C19H31NO3/c1-3-5-6-7-9-19(22)20(14-8-15-23-4-2)16-17-10-12-18(21)13-11-17/h10-13,21H,3-9,14-16H2,1-2H3. The highest BCUT2D eigenvalue weighted by atomic mass is 16.5. The first-order chi connectivity index (χ1) is 11.2. The molecule has 0 fully saturated rings. The SMILES string of the molecule is CCCCCCC(=O)N(CCCOCC)Cc1ccc(O)cc1. The number of phenols is 1. The van der Waals surface area contributed by atoms with Gasteiger partial charge in [-0.2, -0.15) is 0 Å². The van der Waals surface area contributed by atoms with Gasteiger partial charge in [-0.25, -0.2) is 0 Å². The molecule has 1 rings (SSSR count). The highest BCUT2D eigenvalue weighted by Gasteiger charge is 2.13. The van der Waals surface area contributed by atoms with Crippen molar-refractivity contribution in [2.24, 2.45) is 0 Å². The number of carbonyl (C=O) groups is 1. The van der Waals surface area contributed by atoms with E-state index in [1.165, 1.54) is 12.8 Å². The molecule has 0 saturated heterocycles. The van der Waals surface area contributed by atoms with Gasteiger partial charge < -0.3 is 14.7 Å². The van der Waals surface area contributed by atoms with Crippen LogP contribution in [0.3, 0.4) is 0 Å². The zero-order chi connectivity index (χ0) is 16.9. The van der Waals surface area contributed by atoms with E-state index in [0.717, 1.165) is 24.8 Å². The average Bonchev–Trinajstić information content (AvgIpc) is 2.56. The molecule has 1 amide bonds. The maximum atomic E-state index is 12.5. The van der Waals surface area contributed by atoms with Gasteiger partial charge in [-0.1, -0.05) is 38.3 Å². The quantitative estimate of drug-likeness (QED) is 0.589. The van der Waals surface area contributed by atoms with Gasteiger partial charge in [0.2, 0.25) is 5.91 Å². The number of carbonyl (C=O) groups excluding carboxylic acids is 1. The lowest BCUT2D eigenvalue weighted by molar-refractivity contribution is -0.132. The normalized spacial score (nSPS) is 10.7. The van der Waals surface area contributed by atoms with Gasteiger partial charge in [-0.3, -0.25) is 4.79 Å². The number of hydrogen-bond donors (Lipinski definition) is 1. The smallest absolute Gasteiger partial charge is 0.222 e. The van der Waals surface area contributed by atoms with Crippen molar-refractivity contribution >= 4 is 5.91 Å². The second kappa shape index (κ2) is 11.9. The summed E-state index contributed by atoms with van der Waals surface area (Å²) in [5.74, 6) is 0.466. The molecule has 0 atom stereocenters. The first-order valence-corrected chi connectivity index (χ1v) is 8.80. The van der Waals surface area contributed by atoms with E-state index in [-0.39, 0.29) is 11.7 Å². The minimum absolute atomic E-state index is 0.214. The summed E-state index contributed by atoms with van der Waals surface area (Å²) >= 11 is 0. The van der Waals surface area contributed by atoms with E-state index in [1.807, 2.05) is 24.0 Å². The van der Waals surface area contributed by atoms with Crippen LogP contribution >= 0.6 is 0 Å². The van der Waals surface area contributed by atoms with E-state index in [4.69, 9.17) is 4.74 Å². The van der Waals surface area contributed by atoms with Crippen LogP contribution in [0.1, 0.15) is 57.9 Å². The number of unbranched alkanes of at least 4 members (excludes halogenated alkanes) is 3. The summed E-state index contributed by atoms with van der Waals surface area (Å²) in [7, 11) is 0. The minimum Gasteiger partial charge on any atom is -0.508 e. The largest absolute Gasteiger partial charge is 0.508 e. The van der Waals surface area contributed by atoms with Gasteiger partial charge in [0, 0.05) is 32.7 Å². The Bertz CT molecular complexity index is 431. The number of hydrogen-bond acceptors (Lipinski definition) is 3. The lowest BCUT2D eigenvalue weighted by atomic mass is 10.1. The molecule has 1 N–H and O–H groups in total. The third kappa shape index (κ3) is 8.60. The molecule has 0 radical (unpaired) electrons. The molecule has 0 aliphatic carbocycles. The number of aromatic hydroxyl groups is 1. The molecular weight excluding hydrogens is 290 g/mol. The molecular formula is C19H31NO3. The Labute approximate surface area is 140 Å². The molecule has 23 heavy (non-hydrogen) atoms. The summed E-state index contributed by atoms with van der Waals surface area (Å²) in [5, 5.41) is 9.37. The number of nitrogens with zero attached hydrogens (tertiary/aromatic N) is 1. The van der Waals surface area contributed by atoms with Crippen LogP contribution in [0.5, 0.6) is 5.75 Å². The first kappa shape index (κ1) is 19.5. The van der Waals surface area contributed by atoms with Crippen LogP contribution < -0.4 is 0 Å². The summed E-state index contributed by atoms with van der Waals surface area (Å²) in [6.07, 6.45) is 5.92. The number of phenolic OH excluding ortho intramolecular Hbond substituents is 1. The van der Waals surface area contributed by atoms with Crippen molar-refractivity contribution in [1.82, 2.24) is 4.90 Å². The monoisotopic (exact) mass is 321 g/mol. The molecule has 130 valence electrons. The van der Waals surface area contributed by atoms with Crippen LogP contribution in [-0.4, -0.2) is 35.7 Å². The highest BCUT2D eigenvalue weighted by molar-refractivity contribution is 5.76. The molecule has 1 aromatic rings.